The topological polar surface area (TPSA) is 95.9 Å². The molecule has 1 aromatic rings. The molecule has 0 saturated carbocycles. The van der Waals surface area contributed by atoms with Gasteiger partial charge in [-0.3, -0.25) is 4.79 Å². The van der Waals surface area contributed by atoms with Crippen molar-refractivity contribution in [1.82, 2.24) is 5.32 Å². The van der Waals surface area contributed by atoms with Crippen LogP contribution >= 0.6 is 15.9 Å². The largest absolute Gasteiger partial charge is 0.483 e. The van der Waals surface area contributed by atoms with Crippen molar-refractivity contribution in [2.24, 2.45) is 0 Å². The zero-order chi connectivity index (χ0) is 14.4. The fourth-order valence-corrected chi connectivity index (χ4v) is 1.62. The van der Waals surface area contributed by atoms with Crippen molar-refractivity contribution in [3.63, 3.8) is 0 Å². The molecule has 1 aromatic carbocycles. The molecule has 0 aliphatic heterocycles. The Labute approximate surface area is 116 Å². The zero-order valence-corrected chi connectivity index (χ0v) is 11.2. The first-order chi connectivity index (χ1) is 8.93. The van der Waals surface area contributed by atoms with Crippen LogP contribution < -0.4 is 10.1 Å². The molecule has 0 heterocycles. The van der Waals surface area contributed by atoms with Crippen LogP contribution in [0.1, 0.15) is 0 Å². The highest BCUT2D eigenvalue weighted by atomic mass is 79.9. The third-order valence-electron chi connectivity index (χ3n) is 2.07. The van der Waals surface area contributed by atoms with E-state index in [1.165, 1.54) is 12.1 Å². The molecule has 0 aliphatic rings. The molecule has 1 amide bonds. The third-order valence-corrected chi connectivity index (χ3v) is 2.69. The standard InChI is InChI=1S/C11H11BrFNO5/c12-7-3-6(13)1-2-9(7)19-5-10(16)14-8(4-15)11(17)18/h1-3,8,15H,4-5H2,(H,14,16)(H,17,18)/t8-/m0/s1. The van der Waals surface area contributed by atoms with Gasteiger partial charge < -0.3 is 20.3 Å². The number of aliphatic hydroxyl groups is 1. The molecule has 0 saturated heterocycles. The molecule has 8 heteroatoms. The molecule has 1 rings (SSSR count). The number of carboxylic acid groups (broad SMARTS) is 1. The number of hydrogen-bond acceptors (Lipinski definition) is 4. The number of nitrogens with one attached hydrogen (secondary N) is 1. The minimum atomic E-state index is -1.38. The van der Waals surface area contributed by atoms with E-state index in [1.54, 1.807) is 0 Å². The second-order valence-electron chi connectivity index (χ2n) is 3.50. The Morgan fingerprint density at radius 3 is 2.68 bits per heavy atom. The van der Waals surface area contributed by atoms with Crippen LogP contribution in [0.5, 0.6) is 5.75 Å². The van der Waals surface area contributed by atoms with Crippen LogP contribution in [0, 0.1) is 5.82 Å². The number of hydrogen-bond donors (Lipinski definition) is 3. The van der Waals surface area contributed by atoms with Crippen molar-refractivity contribution in [2.75, 3.05) is 13.2 Å². The maximum atomic E-state index is 12.8. The van der Waals surface area contributed by atoms with Crippen molar-refractivity contribution >= 4 is 27.8 Å². The fraction of sp³-hybridized carbons (Fsp3) is 0.273. The monoisotopic (exact) mass is 335 g/mol. The van der Waals surface area contributed by atoms with Crippen LogP contribution in [0.4, 0.5) is 4.39 Å². The van der Waals surface area contributed by atoms with Gasteiger partial charge in [-0.1, -0.05) is 0 Å². The van der Waals surface area contributed by atoms with Gasteiger partial charge in [-0.25, -0.2) is 9.18 Å². The SMILES string of the molecule is O=C(COc1ccc(F)cc1Br)N[C@@H](CO)C(=O)O. The summed E-state index contributed by atoms with van der Waals surface area (Å²) in [7, 11) is 0. The summed E-state index contributed by atoms with van der Waals surface area (Å²) in [4.78, 5) is 21.9. The minimum Gasteiger partial charge on any atom is -0.483 e. The number of ether oxygens (including phenoxy) is 1. The molecule has 0 aromatic heterocycles. The normalized spacial score (nSPS) is 11.7. The van der Waals surface area contributed by atoms with E-state index >= 15 is 0 Å². The Morgan fingerprint density at radius 1 is 1.47 bits per heavy atom. The lowest BCUT2D eigenvalue weighted by Crippen LogP contribution is -2.45. The van der Waals surface area contributed by atoms with Crippen molar-refractivity contribution in [3.05, 3.63) is 28.5 Å². The molecule has 19 heavy (non-hydrogen) atoms. The number of carbonyl (C=O) groups excluding carboxylic acids is 1. The van der Waals surface area contributed by atoms with Gasteiger partial charge in [-0.2, -0.15) is 0 Å². The number of carbonyl (C=O) groups is 2. The average Bonchev–Trinajstić information content (AvgIpc) is 2.34. The summed E-state index contributed by atoms with van der Waals surface area (Å²) in [5.41, 5.74) is 0. The first-order valence-electron chi connectivity index (χ1n) is 5.15. The van der Waals surface area contributed by atoms with Gasteiger partial charge >= 0.3 is 5.97 Å². The van der Waals surface area contributed by atoms with Crippen molar-refractivity contribution < 1.29 is 28.9 Å². The predicted octanol–water partition coefficient (Wildman–Crippen LogP) is 0.529. The van der Waals surface area contributed by atoms with Gasteiger partial charge in [0, 0.05) is 0 Å². The molecular weight excluding hydrogens is 325 g/mol. The highest BCUT2D eigenvalue weighted by Gasteiger charge is 2.18. The van der Waals surface area contributed by atoms with Gasteiger partial charge in [0.2, 0.25) is 0 Å². The summed E-state index contributed by atoms with van der Waals surface area (Å²) in [6.07, 6.45) is 0. The van der Waals surface area contributed by atoms with Crippen LogP contribution in [0.15, 0.2) is 22.7 Å². The first-order valence-corrected chi connectivity index (χ1v) is 5.94. The molecule has 1 atom stereocenters. The van der Waals surface area contributed by atoms with Crippen LogP contribution in [-0.2, 0) is 9.59 Å². The molecule has 104 valence electrons. The van der Waals surface area contributed by atoms with Gasteiger partial charge in [-0.15, -0.1) is 0 Å². The lowest BCUT2D eigenvalue weighted by atomic mass is 10.3. The van der Waals surface area contributed by atoms with E-state index < -0.39 is 36.9 Å². The lowest BCUT2D eigenvalue weighted by molar-refractivity contribution is -0.143. The zero-order valence-electron chi connectivity index (χ0n) is 9.60. The summed E-state index contributed by atoms with van der Waals surface area (Å²) in [6, 6.07) is 2.27. The van der Waals surface area contributed by atoms with Crippen LogP contribution in [0.25, 0.3) is 0 Å². The molecule has 6 nitrogen and oxygen atoms in total. The van der Waals surface area contributed by atoms with Crippen molar-refractivity contribution in [2.45, 2.75) is 6.04 Å². The van der Waals surface area contributed by atoms with E-state index in [1.807, 2.05) is 0 Å². The van der Waals surface area contributed by atoms with Gasteiger partial charge in [0.1, 0.15) is 17.6 Å². The molecule has 0 radical (unpaired) electrons. The van der Waals surface area contributed by atoms with E-state index in [4.69, 9.17) is 14.9 Å². The summed E-state index contributed by atoms with van der Waals surface area (Å²) in [5.74, 6) is -2.28. The van der Waals surface area contributed by atoms with E-state index in [9.17, 15) is 14.0 Å². The number of benzene rings is 1. The number of aliphatic carboxylic acids is 1. The highest BCUT2D eigenvalue weighted by Crippen LogP contribution is 2.25. The van der Waals surface area contributed by atoms with Gasteiger partial charge in [0.05, 0.1) is 11.1 Å². The van der Waals surface area contributed by atoms with Crippen molar-refractivity contribution in [1.29, 1.82) is 0 Å². The quantitative estimate of drug-likeness (QED) is 0.704. The van der Waals surface area contributed by atoms with Crippen LogP contribution in [0.2, 0.25) is 0 Å². The van der Waals surface area contributed by atoms with E-state index in [0.29, 0.717) is 4.47 Å². The fourth-order valence-electron chi connectivity index (χ4n) is 1.16. The average molecular weight is 336 g/mol. The number of amides is 1. The second-order valence-corrected chi connectivity index (χ2v) is 4.36. The predicted molar refractivity (Wildman–Crippen MR) is 66.2 cm³/mol. The Kier molecular flexibility index (Phi) is 5.71. The summed E-state index contributed by atoms with van der Waals surface area (Å²) >= 11 is 3.05. The maximum Gasteiger partial charge on any atom is 0.328 e. The Morgan fingerprint density at radius 2 is 2.16 bits per heavy atom. The smallest absolute Gasteiger partial charge is 0.328 e. The van der Waals surface area contributed by atoms with Crippen molar-refractivity contribution in [3.8, 4) is 5.75 Å². The second kappa shape index (κ2) is 7.05. The van der Waals surface area contributed by atoms with Crippen LogP contribution in [0.3, 0.4) is 0 Å². The number of halogens is 2. The highest BCUT2D eigenvalue weighted by molar-refractivity contribution is 9.10. The van der Waals surface area contributed by atoms with E-state index in [0.717, 1.165) is 6.07 Å². The molecule has 0 aliphatic carbocycles. The Hall–Kier alpha value is -1.67. The van der Waals surface area contributed by atoms with E-state index in [2.05, 4.69) is 21.2 Å². The summed E-state index contributed by atoms with van der Waals surface area (Å²) in [5, 5.41) is 19.4. The third kappa shape index (κ3) is 4.84. The Balaban J connectivity index is 2.52. The van der Waals surface area contributed by atoms with E-state index in [-0.39, 0.29) is 5.75 Å². The van der Waals surface area contributed by atoms with Gasteiger partial charge in [-0.05, 0) is 34.1 Å². The number of aliphatic hydroxyl groups excluding tert-OH is 1. The minimum absolute atomic E-state index is 0.243. The van der Waals surface area contributed by atoms with Gasteiger partial charge in [0.15, 0.2) is 6.61 Å². The molecule has 0 unspecified atom stereocenters. The molecule has 0 bridgehead atoms. The molecule has 3 N–H and O–H groups in total. The van der Waals surface area contributed by atoms with Gasteiger partial charge in [0.25, 0.3) is 5.91 Å². The first kappa shape index (κ1) is 15.4. The molecule has 0 fully saturated rings. The summed E-state index contributed by atoms with van der Waals surface area (Å²) < 4.78 is 18.2. The molecular formula is C11H11BrFNO5. The van der Waals surface area contributed by atoms with Crippen LogP contribution in [-0.4, -0.2) is 41.3 Å². The number of carboxylic acids is 1. The number of rotatable bonds is 6. The molecule has 0 spiro atoms. The Bertz CT molecular complexity index is 482. The summed E-state index contributed by atoms with van der Waals surface area (Å²) in [6.45, 7) is -1.17. The maximum absolute atomic E-state index is 12.8. The lowest BCUT2D eigenvalue weighted by Gasteiger charge is -2.12.